The van der Waals surface area contributed by atoms with Crippen LogP contribution >= 0.6 is 0 Å². The van der Waals surface area contributed by atoms with Gasteiger partial charge in [-0.25, -0.2) is 13.6 Å². The first kappa shape index (κ1) is 18.6. The number of anilines is 3. The maximum absolute atomic E-state index is 13.6. The van der Waals surface area contributed by atoms with Gasteiger partial charge in [0.15, 0.2) is 0 Å². The number of amides is 3. The van der Waals surface area contributed by atoms with E-state index in [9.17, 15) is 18.4 Å². The van der Waals surface area contributed by atoms with Gasteiger partial charge < -0.3 is 21.3 Å². The third-order valence-corrected chi connectivity index (χ3v) is 4.02. The van der Waals surface area contributed by atoms with E-state index in [0.29, 0.717) is 17.4 Å². The Labute approximate surface area is 155 Å². The van der Waals surface area contributed by atoms with E-state index in [4.69, 9.17) is 0 Å². The molecule has 1 fully saturated rings. The van der Waals surface area contributed by atoms with Crippen molar-refractivity contribution in [2.45, 2.75) is 31.8 Å². The van der Waals surface area contributed by atoms with Crippen molar-refractivity contribution in [2.75, 3.05) is 16.0 Å². The summed E-state index contributed by atoms with van der Waals surface area (Å²) in [6, 6.07) is 9.17. The molecule has 142 valence electrons. The fourth-order valence-electron chi connectivity index (χ4n) is 2.38. The van der Waals surface area contributed by atoms with E-state index in [1.54, 1.807) is 31.2 Å². The van der Waals surface area contributed by atoms with Crippen LogP contribution in [0.4, 0.5) is 30.6 Å². The van der Waals surface area contributed by atoms with E-state index >= 15 is 0 Å². The number of urea groups is 1. The Morgan fingerprint density at radius 2 is 1.67 bits per heavy atom. The molecule has 4 N–H and O–H groups in total. The third-order valence-electron chi connectivity index (χ3n) is 4.02. The van der Waals surface area contributed by atoms with Gasteiger partial charge in [0.1, 0.15) is 17.7 Å². The molecule has 1 aliphatic carbocycles. The number of benzene rings is 2. The van der Waals surface area contributed by atoms with E-state index in [2.05, 4.69) is 21.3 Å². The van der Waals surface area contributed by atoms with Gasteiger partial charge in [0, 0.05) is 23.5 Å². The van der Waals surface area contributed by atoms with Gasteiger partial charge in [-0.15, -0.1) is 0 Å². The van der Waals surface area contributed by atoms with E-state index in [-0.39, 0.29) is 17.8 Å². The third kappa shape index (κ3) is 5.40. The van der Waals surface area contributed by atoms with E-state index < -0.39 is 23.6 Å². The first-order chi connectivity index (χ1) is 12.9. The van der Waals surface area contributed by atoms with Crippen LogP contribution in [0, 0.1) is 11.6 Å². The second kappa shape index (κ2) is 8.03. The molecule has 1 aliphatic rings. The van der Waals surface area contributed by atoms with Gasteiger partial charge >= 0.3 is 6.03 Å². The Balaban J connectivity index is 1.52. The quantitative estimate of drug-likeness (QED) is 0.622. The molecule has 1 saturated carbocycles. The maximum Gasteiger partial charge on any atom is 0.319 e. The minimum absolute atomic E-state index is 0.0868. The highest BCUT2D eigenvalue weighted by Gasteiger charge is 2.23. The highest BCUT2D eigenvalue weighted by Crippen LogP contribution is 2.20. The zero-order chi connectivity index (χ0) is 19.4. The van der Waals surface area contributed by atoms with Crippen LogP contribution in [0.3, 0.4) is 0 Å². The van der Waals surface area contributed by atoms with Crippen LogP contribution in [0.25, 0.3) is 0 Å². The molecule has 0 heterocycles. The Bertz CT molecular complexity index is 838. The molecular weight excluding hydrogens is 354 g/mol. The van der Waals surface area contributed by atoms with Gasteiger partial charge in [0.25, 0.3) is 0 Å². The molecule has 1 unspecified atom stereocenters. The van der Waals surface area contributed by atoms with Crippen molar-refractivity contribution in [1.29, 1.82) is 0 Å². The van der Waals surface area contributed by atoms with Crippen LogP contribution in [-0.4, -0.2) is 24.0 Å². The molecule has 8 heteroatoms. The van der Waals surface area contributed by atoms with E-state index in [1.807, 2.05) is 0 Å². The number of nitrogens with one attached hydrogen (secondary N) is 4. The van der Waals surface area contributed by atoms with Crippen molar-refractivity contribution in [3.63, 3.8) is 0 Å². The monoisotopic (exact) mass is 374 g/mol. The molecule has 2 aromatic rings. The van der Waals surface area contributed by atoms with Gasteiger partial charge in [0.2, 0.25) is 5.91 Å². The minimum Gasteiger partial charge on any atom is -0.374 e. The second-order valence-corrected chi connectivity index (χ2v) is 6.43. The molecular formula is C19H20F2N4O2. The van der Waals surface area contributed by atoms with Gasteiger partial charge in [-0.3, -0.25) is 4.79 Å². The summed E-state index contributed by atoms with van der Waals surface area (Å²) in [4.78, 5) is 23.9. The lowest BCUT2D eigenvalue weighted by atomic mass is 10.2. The molecule has 2 aromatic carbocycles. The van der Waals surface area contributed by atoms with Gasteiger partial charge in [-0.2, -0.15) is 0 Å². The summed E-state index contributed by atoms with van der Waals surface area (Å²) in [6.45, 7) is 1.62. The van der Waals surface area contributed by atoms with Crippen LogP contribution in [0.5, 0.6) is 0 Å². The molecule has 0 radical (unpaired) electrons. The van der Waals surface area contributed by atoms with Crippen molar-refractivity contribution < 1.29 is 18.4 Å². The molecule has 0 aliphatic heterocycles. The second-order valence-electron chi connectivity index (χ2n) is 6.43. The predicted molar refractivity (Wildman–Crippen MR) is 99.7 cm³/mol. The summed E-state index contributed by atoms with van der Waals surface area (Å²) in [7, 11) is 0. The summed E-state index contributed by atoms with van der Waals surface area (Å²) in [5, 5.41) is 10.9. The average Bonchev–Trinajstić information content (AvgIpc) is 3.42. The normalized spacial score (nSPS) is 14.2. The van der Waals surface area contributed by atoms with Gasteiger partial charge in [-0.1, -0.05) is 0 Å². The van der Waals surface area contributed by atoms with E-state index in [1.165, 1.54) is 6.07 Å². The van der Waals surface area contributed by atoms with Crippen molar-refractivity contribution in [3.8, 4) is 0 Å². The predicted octanol–water partition coefficient (Wildman–Crippen LogP) is 3.69. The standard InChI is InChI=1S/C19H20F2N4O2/c1-11(18(26)25-17-9-2-12(20)10-16(17)21)22-13-3-5-14(6-4-13)23-19(27)24-15-7-8-15/h2-6,9-11,15,22H,7-8H2,1H3,(H,25,26)(H2,23,24,27). The fourth-order valence-corrected chi connectivity index (χ4v) is 2.38. The lowest BCUT2D eigenvalue weighted by Crippen LogP contribution is -2.32. The number of carbonyl (C=O) groups is 2. The van der Waals surface area contributed by atoms with Crippen LogP contribution < -0.4 is 21.3 Å². The van der Waals surface area contributed by atoms with E-state index in [0.717, 1.165) is 18.9 Å². The topological polar surface area (TPSA) is 82.3 Å². The Morgan fingerprint density at radius 1 is 1.00 bits per heavy atom. The molecule has 3 amide bonds. The van der Waals surface area contributed by atoms with Crippen molar-refractivity contribution in [1.82, 2.24) is 5.32 Å². The summed E-state index contributed by atoms with van der Waals surface area (Å²) < 4.78 is 26.5. The number of rotatable bonds is 6. The number of hydrogen-bond acceptors (Lipinski definition) is 3. The molecule has 6 nitrogen and oxygen atoms in total. The number of carbonyl (C=O) groups excluding carboxylic acids is 2. The van der Waals surface area contributed by atoms with Gasteiger partial charge in [-0.05, 0) is 56.2 Å². The number of halogens is 2. The largest absolute Gasteiger partial charge is 0.374 e. The van der Waals surface area contributed by atoms with Crippen LogP contribution in [0.15, 0.2) is 42.5 Å². The summed E-state index contributed by atoms with van der Waals surface area (Å²) >= 11 is 0. The van der Waals surface area contributed by atoms with Crippen LogP contribution in [0.2, 0.25) is 0 Å². The minimum atomic E-state index is -0.838. The molecule has 0 spiro atoms. The Morgan fingerprint density at radius 3 is 2.30 bits per heavy atom. The zero-order valence-electron chi connectivity index (χ0n) is 14.7. The van der Waals surface area contributed by atoms with Crippen molar-refractivity contribution in [3.05, 3.63) is 54.1 Å². The molecule has 3 rings (SSSR count). The maximum atomic E-state index is 13.6. The van der Waals surface area contributed by atoms with Crippen molar-refractivity contribution in [2.24, 2.45) is 0 Å². The summed E-state index contributed by atoms with van der Waals surface area (Å²) in [5.41, 5.74) is 1.20. The van der Waals surface area contributed by atoms with Crippen molar-refractivity contribution >= 4 is 29.0 Å². The summed E-state index contributed by atoms with van der Waals surface area (Å²) in [5.74, 6) is -2.02. The Kier molecular flexibility index (Phi) is 5.54. The molecule has 1 atom stereocenters. The smallest absolute Gasteiger partial charge is 0.319 e. The highest BCUT2D eigenvalue weighted by molar-refractivity contribution is 5.96. The average molecular weight is 374 g/mol. The van der Waals surface area contributed by atoms with Crippen LogP contribution in [0.1, 0.15) is 19.8 Å². The molecule has 27 heavy (non-hydrogen) atoms. The summed E-state index contributed by atoms with van der Waals surface area (Å²) in [6.07, 6.45) is 2.02. The lowest BCUT2D eigenvalue weighted by Gasteiger charge is -2.16. The highest BCUT2D eigenvalue weighted by atomic mass is 19.1. The first-order valence-electron chi connectivity index (χ1n) is 8.61. The zero-order valence-corrected chi connectivity index (χ0v) is 14.7. The van der Waals surface area contributed by atoms with Gasteiger partial charge in [0.05, 0.1) is 5.69 Å². The Hall–Kier alpha value is -3.16. The van der Waals surface area contributed by atoms with Crippen LogP contribution in [-0.2, 0) is 4.79 Å². The molecule has 0 bridgehead atoms. The SMILES string of the molecule is CC(Nc1ccc(NC(=O)NC2CC2)cc1)C(=O)Nc1ccc(F)cc1F. The molecule has 0 aromatic heterocycles. The number of hydrogen-bond donors (Lipinski definition) is 4. The lowest BCUT2D eigenvalue weighted by molar-refractivity contribution is -0.116. The first-order valence-corrected chi connectivity index (χ1v) is 8.61. The molecule has 0 saturated heterocycles. The fraction of sp³-hybridized carbons (Fsp3) is 0.263.